The lowest BCUT2D eigenvalue weighted by molar-refractivity contribution is -1.22. The summed E-state index contributed by atoms with van der Waals surface area (Å²) in [6.45, 7) is 2.50. The zero-order valence-corrected chi connectivity index (χ0v) is 20.9. The van der Waals surface area contributed by atoms with Gasteiger partial charge in [-0.05, 0) is 6.42 Å². The number of rotatable bonds is 20. The van der Waals surface area contributed by atoms with Gasteiger partial charge in [0.1, 0.15) is 6.42 Å². The summed E-state index contributed by atoms with van der Waals surface area (Å²) in [7, 11) is 0. The van der Waals surface area contributed by atoms with Crippen molar-refractivity contribution in [2.24, 2.45) is 0 Å². The Kier molecular flexibility index (Phi) is 12.7. The summed E-state index contributed by atoms with van der Waals surface area (Å²) >= 11 is 0. The van der Waals surface area contributed by atoms with Gasteiger partial charge in [0.2, 0.25) is 0 Å². The summed E-state index contributed by atoms with van der Waals surface area (Å²) in [5.41, 5.74) is 0. The first-order chi connectivity index (χ1) is 17.7. The molecule has 0 aromatic carbocycles. The molecule has 0 bridgehead atoms. The maximum absolute atomic E-state index is 12.4. The van der Waals surface area contributed by atoms with Gasteiger partial charge in [0, 0.05) is 22.5 Å². The molecule has 2 aliphatic heterocycles. The minimum atomic E-state index is -3.17. The fraction of sp³-hybridized carbons (Fsp3) is 0.818. The van der Waals surface area contributed by atoms with Crippen LogP contribution in [0.25, 0.3) is 0 Å². The molecule has 0 unspecified atom stereocenters. The standard InChI is InChI=1S/C22H38N2O13/c25-7-1-8-33-10-12-35-14-16-37-17-15-36-13-11-34-9-6-22(30,23(31)18(26)2-3-19(23)27)24(32)20(28)4-5-21(24)29/h25,30-32H,1-17H2/q+2. The lowest BCUT2D eigenvalue weighted by Gasteiger charge is -2.40. The summed E-state index contributed by atoms with van der Waals surface area (Å²) in [4.78, 5) is 49.4. The first-order valence-electron chi connectivity index (χ1n) is 12.3. The van der Waals surface area contributed by atoms with Gasteiger partial charge in [0.15, 0.2) is 0 Å². The Hall–Kier alpha value is -1.76. The van der Waals surface area contributed by atoms with Gasteiger partial charge < -0.3 is 28.8 Å². The predicted molar refractivity (Wildman–Crippen MR) is 118 cm³/mol. The van der Waals surface area contributed by atoms with Crippen molar-refractivity contribution in [1.82, 2.24) is 0 Å². The summed E-state index contributed by atoms with van der Waals surface area (Å²) in [5.74, 6) is -7.70. The number of hydroxylamine groups is 6. The highest BCUT2D eigenvalue weighted by Crippen LogP contribution is 2.42. The molecule has 0 aromatic heterocycles. The van der Waals surface area contributed by atoms with E-state index in [2.05, 4.69) is 0 Å². The second-order valence-electron chi connectivity index (χ2n) is 8.51. The quantitative estimate of drug-likeness (QED) is 0.0612. The topological polar surface area (TPSA) is 195 Å². The molecular formula is C22H38N2O13+2. The van der Waals surface area contributed by atoms with Crippen molar-refractivity contribution in [2.45, 2.75) is 44.4 Å². The second-order valence-corrected chi connectivity index (χ2v) is 8.51. The van der Waals surface area contributed by atoms with Crippen molar-refractivity contribution in [1.29, 1.82) is 0 Å². The SMILES string of the molecule is O=C1CCC(=O)[N+]1(O)C(O)(CCOCCOCCOCCOCCOCCCO)[N+]1(O)C(=O)CCC1=O. The third-order valence-corrected chi connectivity index (χ3v) is 6.10. The Balaban J connectivity index is 1.67. The Morgan fingerprint density at radius 2 is 0.865 bits per heavy atom. The zero-order chi connectivity index (χ0) is 27.4. The minimum Gasteiger partial charge on any atom is -0.396 e. The molecule has 2 saturated heterocycles. The van der Waals surface area contributed by atoms with Crippen molar-refractivity contribution in [3.05, 3.63) is 0 Å². The molecule has 2 fully saturated rings. The van der Waals surface area contributed by atoms with E-state index in [1.165, 1.54) is 0 Å². The molecule has 0 saturated carbocycles. The van der Waals surface area contributed by atoms with Gasteiger partial charge in [0.25, 0.3) is 0 Å². The van der Waals surface area contributed by atoms with Crippen molar-refractivity contribution in [2.75, 3.05) is 72.7 Å². The maximum atomic E-state index is 12.4. The van der Waals surface area contributed by atoms with Crippen LogP contribution in [-0.4, -0.2) is 132 Å². The van der Waals surface area contributed by atoms with E-state index in [4.69, 9.17) is 28.8 Å². The normalized spacial score (nSPS) is 19.4. The van der Waals surface area contributed by atoms with E-state index in [-0.39, 0.29) is 26.4 Å². The fourth-order valence-electron chi connectivity index (χ4n) is 4.04. The van der Waals surface area contributed by atoms with Crippen LogP contribution in [0.5, 0.6) is 0 Å². The Morgan fingerprint density at radius 1 is 0.568 bits per heavy atom. The number of imide groups is 2. The number of aliphatic hydroxyl groups excluding tert-OH is 1. The average Bonchev–Trinajstić information content (AvgIpc) is 3.31. The number of carbonyl (C=O) groups excluding carboxylic acids is 4. The smallest absolute Gasteiger partial charge is 0.396 e. The van der Waals surface area contributed by atoms with Crippen LogP contribution < -0.4 is 0 Å². The molecule has 212 valence electrons. The third kappa shape index (κ3) is 7.21. The molecule has 0 radical (unpaired) electrons. The van der Waals surface area contributed by atoms with E-state index in [0.29, 0.717) is 46.1 Å². The van der Waals surface area contributed by atoms with Crippen LogP contribution in [0.3, 0.4) is 0 Å². The molecule has 15 heteroatoms. The van der Waals surface area contributed by atoms with Gasteiger partial charge in [0.05, 0.1) is 85.1 Å². The maximum Gasteiger partial charge on any atom is 0.430 e. The first kappa shape index (κ1) is 31.5. The number of amides is 4. The number of nitrogens with zero attached hydrogens (tertiary/aromatic N) is 2. The summed E-state index contributed by atoms with van der Waals surface area (Å²) < 4.78 is 22.0. The minimum absolute atomic E-state index is 0.0100. The number of carbonyl (C=O) groups is 4. The van der Waals surface area contributed by atoms with E-state index in [0.717, 1.165) is 0 Å². The van der Waals surface area contributed by atoms with Crippen molar-refractivity contribution >= 4 is 23.6 Å². The van der Waals surface area contributed by atoms with Crippen molar-refractivity contribution in [3.8, 4) is 0 Å². The monoisotopic (exact) mass is 538 g/mol. The highest BCUT2D eigenvalue weighted by atomic mass is 16.7. The van der Waals surface area contributed by atoms with E-state index >= 15 is 0 Å². The molecule has 0 atom stereocenters. The number of likely N-dealkylation sites (tertiary alicyclic amines) is 2. The summed E-state index contributed by atoms with van der Waals surface area (Å²) in [5, 5.41) is 41.5. The van der Waals surface area contributed by atoms with Gasteiger partial charge in [-0.3, -0.25) is 5.11 Å². The third-order valence-electron chi connectivity index (χ3n) is 6.10. The molecule has 15 nitrogen and oxygen atoms in total. The first-order valence-corrected chi connectivity index (χ1v) is 12.3. The van der Waals surface area contributed by atoms with Crippen LogP contribution in [0, 0.1) is 0 Å². The number of aliphatic hydroxyl groups is 2. The van der Waals surface area contributed by atoms with E-state index in [1.54, 1.807) is 0 Å². The molecule has 2 heterocycles. The molecule has 0 aliphatic carbocycles. The summed E-state index contributed by atoms with van der Waals surface area (Å²) in [6, 6.07) is 0. The van der Waals surface area contributed by atoms with E-state index in [1.807, 2.05) is 0 Å². The number of hydrogen-bond donors (Lipinski definition) is 4. The molecule has 0 spiro atoms. The van der Waals surface area contributed by atoms with Gasteiger partial charge in [-0.2, -0.15) is 10.4 Å². The predicted octanol–water partition coefficient (Wildman–Crippen LogP) is -1.41. The lowest BCUT2D eigenvalue weighted by Crippen LogP contribution is -2.80. The number of quaternary nitrogens is 2. The Morgan fingerprint density at radius 3 is 1.19 bits per heavy atom. The van der Waals surface area contributed by atoms with Crippen LogP contribution in [0.4, 0.5) is 0 Å². The van der Waals surface area contributed by atoms with Crippen LogP contribution in [0.1, 0.15) is 38.5 Å². The van der Waals surface area contributed by atoms with Gasteiger partial charge in [-0.1, -0.05) is 0 Å². The molecule has 0 aromatic rings. The van der Waals surface area contributed by atoms with Crippen molar-refractivity contribution in [3.63, 3.8) is 0 Å². The highest BCUT2D eigenvalue weighted by molar-refractivity contribution is 5.94. The van der Waals surface area contributed by atoms with Crippen LogP contribution in [-0.2, 0) is 42.9 Å². The molecule has 4 amide bonds. The molecule has 4 N–H and O–H groups in total. The van der Waals surface area contributed by atoms with Crippen LogP contribution >= 0.6 is 0 Å². The van der Waals surface area contributed by atoms with Crippen LogP contribution in [0.15, 0.2) is 0 Å². The van der Waals surface area contributed by atoms with Gasteiger partial charge >= 0.3 is 29.5 Å². The van der Waals surface area contributed by atoms with Crippen LogP contribution in [0.2, 0.25) is 0 Å². The fourth-order valence-corrected chi connectivity index (χ4v) is 4.04. The Bertz CT molecular complexity index is 717. The van der Waals surface area contributed by atoms with E-state index in [9.17, 15) is 34.7 Å². The highest BCUT2D eigenvalue weighted by Gasteiger charge is 2.81. The second kappa shape index (κ2) is 15.0. The molecule has 37 heavy (non-hydrogen) atoms. The van der Waals surface area contributed by atoms with Crippen molar-refractivity contribution < 1.29 is 72.8 Å². The van der Waals surface area contributed by atoms with E-state index < -0.39 is 77.5 Å². The molecule has 2 rings (SSSR count). The largest absolute Gasteiger partial charge is 0.430 e. The van der Waals surface area contributed by atoms with Gasteiger partial charge in [-0.15, -0.1) is 0 Å². The zero-order valence-electron chi connectivity index (χ0n) is 20.9. The van der Waals surface area contributed by atoms with Gasteiger partial charge in [-0.25, -0.2) is 19.2 Å². The number of ether oxygens (including phenoxy) is 5. The average molecular weight is 539 g/mol. The summed E-state index contributed by atoms with van der Waals surface area (Å²) in [6.07, 6.45) is -1.83. The molecular weight excluding hydrogens is 500 g/mol. The lowest BCUT2D eigenvalue weighted by atomic mass is 10.2. The molecule has 2 aliphatic rings. The number of hydrogen-bond acceptors (Lipinski definition) is 13. The Labute approximate surface area is 214 Å².